The lowest BCUT2D eigenvalue weighted by atomic mass is 10.3. The highest BCUT2D eigenvalue weighted by molar-refractivity contribution is 8.13. The van der Waals surface area contributed by atoms with Gasteiger partial charge in [-0.2, -0.15) is 0 Å². The smallest absolute Gasteiger partial charge is 0.285 e. The van der Waals surface area contributed by atoms with Crippen molar-refractivity contribution in [2.75, 3.05) is 26.0 Å². The van der Waals surface area contributed by atoms with Gasteiger partial charge in [-0.05, 0) is 48.2 Å². The van der Waals surface area contributed by atoms with Crippen LogP contribution in [-0.4, -0.2) is 36.7 Å². The number of anilines is 1. The minimum absolute atomic E-state index is 0.0544. The quantitative estimate of drug-likeness (QED) is 0.664. The van der Waals surface area contributed by atoms with Gasteiger partial charge in [0.2, 0.25) is 5.91 Å². The third-order valence-corrected chi connectivity index (χ3v) is 4.98. The van der Waals surface area contributed by atoms with Crippen LogP contribution in [0.4, 0.5) is 10.5 Å². The first-order valence-electron chi connectivity index (χ1n) is 7.72. The van der Waals surface area contributed by atoms with Gasteiger partial charge in [-0.25, -0.2) is 0 Å². The Morgan fingerprint density at radius 2 is 1.77 bits per heavy atom. The van der Waals surface area contributed by atoms with Crippen molar-refractivity contribution in [3.8, 4) is 5.75 Å². The molecular weight excluding hydrogens is 395 g/mol. The first kappa shape index (κ1) is 20.4. The molecule has 26 heavy (non-hydrogen) atoms. The number of benzene rings is 2. The highest BCUT2D eigenvalue weighted by Crippen LogP contribution is 2.26. The Morgan fingerprint density at radius 1 is 1.08 bits per heavy atom. The molecule has 0 bridgehead atoms. The van der Waals surface area contributed by atoms with E-state index in [1.165, 1.54) is 4.90 Å². The minimum Gasteiger partial charge on any atom is -0.493 e. The summed E-state index contributed by atoms with van der Waals surface area (Å²) in [5.74, 6) is 0.383. The van der Waals surface area contributed by atoms with Crippen molar-refractivity contribution in [1.29, 1.82) is 0 Å². The van der Waals surface area contributed by atoms with Crippen molar-refractivity contribution in [3.63, 3.8) is 0 Å². The third-order valence-electron chi connectivity index (χ3n) is 3.20. The van der Waals surface area contributed by atoms with Crippen LogP contribution in [0.15, 0.2) is 47.4 Å². The van der Waals surface area contributed by atoms with Gasteiger partial charge in [-0.15, -0.1) is 0 Å². The Kier molecular flexibility index (Phi) is 7.63. The molecule has 0 spiro atoms. The molecule has 0 aliphatic rings. The molecule has 0 heterocycles. The second kappa shape index (κ2) is 9.71. The number of hydrogen-bond donors (Lipinski definition) is 1. The van der Waals surface area contributed by atoms with Crippen molar-refractivity contribution in [1.82, 2.24) is 4.90 Å². The zero-order valence-electron chi connectivity index (χ0n) is 14.3. The van der Waals surface area contributed by atoms with Crippen molar-refractivity contribution in [2.45, 2.75) is 11.3 Å². The summed E-state index contributed by atoms with van der Waals surface area (Å²) in [5.41, 5.74) is 0.659. The van der Waals surface area contributed by atoms with E-state index in [0.717, 1.165) is 16.7 Å². The molecule has 0 unspecified atom stereocenters. The van der Waals surface area contributed by atoms with Gasteiger partial charge < -0.3 is 15.0 Å². The average Bonchev–Trinajstić information content (AvgIpc) is 2.59. The van der Waals surface area contributed by atoms with Crippen LogP contribution >= 0.6 is 35.0 Å². The molecule has 2 amide bonds. The summed E-state index contributed by atoms with van der Waals surface area (Å²) in [6.07, 6.45) is 0.190. The summed E-state index contributed by atoms with van der Waals surface area (Å²) >= 11 is 12.9. The molecule has 2 aromatic carbocycles. The fraction of sp³-hybridized carbons (Fsp3) is 0.222. The van der Waals surface area contributed by atoms with Gasteiger partial charge in [0.15, 0.2) is 0 Å². The van der Waals surface area contributed by atoms with Gasteiger partial charge in [0.05, 0.1) is 23.1 Å². The van der Waals surface area contributed by atoms with Crippen molar-refractivity contribution in [2.24, 2.45) is 0 Å². The van der Waals surface area contributed by atoms with Crippen LogP contribution < -0.4 is 10.1 Å². The van der Waals surface area contributed by atoms with Gasteiger partial charge in [-0.1, -0.05) is 23.2 Å². The molecule has 1 N–H and O–H groups in total. The Hall–Kier alpha value is -1.89. The molecule has 0 saturated carbocycles. The van der Waals surface area contributed by atoms with E-state index >= 15 is 0 Å². The number of rotatable bonds is 6. The molecule has 2 aromatic rings. The monoisotopic (exact) mass is 412 g/mol. The molecule has 138 valence electrons. The van der Waals surface area contributed by atoms with E-state index in [-0.39, 0.29) is 24.2 Å². The normalized spacial score (nSPS) is 10.3. The Morgan fingerprint density at radius 3 is 2.38 bits per heavy atom. The van der Waals surface area contributed by atoms with E-state index in [9.17, 15) is 9.59 Å². The van der Waals surface area contributed by atoms with E-state index in [2.05, 4.69) is 5.32 Å². The number of ether oxygens (including phenoxy) is 1. The summed E-state index contributed by atoms with van der Waals surface area (Å²) in [7, 11) is 3.40. The van der Waals surface area contributed by atoms with Crippen LogP contribution in [0.2, 0.25) is 10.0 Å². The molecule has 0 saturated heterocycles. The maximum atomic E-state index is 12.0. The fourth-order valence-corrected chi connectivity index (χ4v) is 2.79. The average molecular weight is 413 g/mol. The molecule has 0 atom stereocenters. The van der Waals surface area contributed by atoms with Gasteiger partial charge in [0.25, 0.3) is 5.24 Å². The summed E-state index contributed by atoms with van der Waals surface area (Å²) < 4.78 is 5.49. The highest BCUT2D eigenvalue weighted by Gasteiger charge is 2.08. The maximum Gasteiger partial charge on any atom is 0.285 e. The van der Waals surface area contributed by atoms with Crippen molar-refractivity contribution < 1.29 is 14.3 Å². The van der Waals surface area contributed by atoms with Crippen LogP contribution in [0.5, 0.6) is 5.75 Å². The number of amides is 2. The molecule has 0 aromatic heterocycles. The van der Waals surface area contributed by atoms with Gasteiger partial charge in [0, 0.05) is 30.7 Å². The lowest BCUT2D eigenvalue weighted by Gasteiger charge is -2.10. The molecule has 2 rings (SSSR count). The zero-order chi connectivity index (χ0) is 19.1. The fourth-order valence-electron chi connectivity index (χ4n) is 1.85. The SMILES string of the molecule is CN(C)C(=O)Sc1ccc(NC(=O)CCOc2ccc(Cl)c(Cl)c2)cc1. The van der Waals surface area contributed by atoms with Gasteiger partial charge >= 0.3 is 0 Å². The Balaban J connectivity index is 1.78. The summed E-state index contributed by atoms with van der Waals surface area (Å²) in [5, 5.41) is 3.58. The Labute approximate surface area is 166 Å². The number of nitrogens with zero attached hydrogens (tertiary/aromatic N) is 1. The maximum absolute atomic E-state index is 12.0. The number of hydrogen-bond acceptors (Lipinski definition) is 4. The van der Waals surface area contributed by atoms with E-state index in [1.807, 2.05) is 0 Å². The summed E-state index contributed by atoms with van der Waals surface area (Å²) in [6, 6.07) is 12.0. The largest absolute Gasteiger partial charge is 0.493 e. The number of nitrogens with one attached hydrogen (secondary N) is 1. The molecule has 0 radical (unpaired) electrons. The predicted octanol–water partition coefficient (Wildman–Crippen LogP) is 5.17. The van der Waals surface area contributed by atoms with Crippen molar-refractivity contribution in [3.05, 3.63) is 52.5 Å². The predicted molar refractivity (Wildman–Crippen MR) is 107 cm³/mol. The van der Waals surface area contributed by atoms with Gasteiger partial charge in [-0.3, -0.25) is 9.59 Å². The molecular formula is C18H18Cl2N2O3S. The van der Waals surface area contributed by atoms with E-state index in [1.54, 1.807) is 56.6 Å². The topological polar surface area (TPSA) is 58.6 Å². The first-order chi connectivity index (χ1) is 12.3. The second-order valence-electron chi connectivity index (χ2n) is 5.51. The van der Waals surface area contributed by atoms with Crippen LogP contribution in [0.25, 0.3) is 0 Å². The summed E-state index contributed by atoms with van der Waals surface area (Å²) in [6.45, 7) is 0.217. The minimum atomic E-state index is -0.171. The highest BCUT2D eigenvalue weighted by atomic mass is 35.5. The number of carbonyl (C=O) groups excluding carboxylic acids is 2. The number of carbonyl (C=O) groups is 2. The van der Waals surface area contributed by atoms with E-state index in [0.29, 0.717) is 21.5 Å². The third kappa shape index (κ3) is 6.44. The summed E-state index contributed by atoms with van der Waals surface area (Å²) in [4.78, 5) is 25.9. The Bertz CT molecular complexity index is 783. The molecule has 0 aliphatic heterocycles. The zero-order valence-corrected chi connectivity index (χ0v) is 16.6. The second-order valence-corrected chi connectivity index (χ2v) is 7.35. The lowest BCUT2D eigenvalue weighted by Crippen LogP contribution is -2.16. The van der Waals surface area contributed by atoms with E-state index < -0.39 is 0 Å². The standard InChI is InChI=1S/C18H18Cl2N2O3S/c1-22(2)18(24)26-14-6-3-12(4-7-14)21-17(23)9-10-25-13-5-8-15(19)16(20)11-13/h3-8,11H,9-10H2,1-2H3,(H,21,23). The van der Waals surface area contributed by atoms with Gasteiger partial charge in [0.1, 0.15) is 5.75 Å². The van der Waals surface area contributed by atoms with Crippen LogP contribution in [-0.2, 0) is 4.79 Å². The van der Waals surface area contributed by atoms with Crippen LogP contribution in [0, 0.1) is 0 Å². The number of thioether (sulfide) groups is 1. The van der Waals surface area contributed by atoms with Crippen LogP contribution in [0.3, 0.4) is 0 Å². The first-order valence-corrected chi connectivity index (χ1v) is 9.29. The van der Waals surface area contributed by atoms with Crippen molar-refractivity contribution >= 4 is 51.8 Å². The van der Waals surface area contributed by atoms with E-state index in [4.69, 9.17) is 27.9 Å². The molecule has 5 nitrogen and oxygen atoms in total. The number of halogens is 2. The molecule has 0 fully saturated rings. The molecule has 8 heteroatoms. The molecule has 0 aliphatic carbocycles. The lowest BCUT2D eigenvalue weighted by molar-refractivity contribution is -0.116. The van der Waals surface area contributed by atoms with Crippen LogP contribution in [0.1, 0.15) is 6.42 Å².